The molecule has 1 aromatic heterocycles. The van der Waals surface area contributed by atoms with Crippen LogP contribution in [0.1, 0.15) is 22.0 Å². The van der Waals surface area contributed by atoms with E-state index in [1.165, 1.54) is 6.07 Å². The van der Waals surface area contributed by atoms with Gasteiger partial charge in [-0.05, 0) is 6.07 Å². The van der Waals surface area contributed by atoms with Crippen LogP contribution in [-0.2, 0) is 0 Å². The summed E-state index contributed by atoms with van der Waals surface area (Å²) in [6.07, 6.45) is -1.36. The van der Waals surface area contributed by atoms with E-state index in [-0.39, 0.29) is 22.0 Å². The smallest absolute Gasteiger partial charge is 0.337 e. The van der Waals surface area contributed by atoms with Gasteiger partial charge in [0, 0.05) is 17.5 Å². The molecule has 5 nitrogen and oxygen atoms in total. The van der Waals surface area contributed by atoms with Crippen molar-refractivity contribution in [3.63, 3.8) is 0 Å². The van der Waals surface area contributed by atoms with Crippen LogP contribution in [0.15, 0.2) is 12.3 Å². The topological polar surface area (TPSA) is 90.7 Å². The number of aromatic carboxylic acids is 1. The Morgan fingerprint density at radius 3 is 2.69 bits per heavy atom. The molecule has 0 radical (unpaired) electrons. The van der Waals surface area contributed by atoms with Crippen molar-refractivity contribution >= 4 is 30.2 Å². The zero-order chi connectivity index (χ0) is 12.3. The number of carboxylic acid groups (broad SMARTS) is 1. The summed E-state index contributed by atoms with van der Waals surface area (Å²) in [5.41, 5.74) is -0.0343. The first-order chi connectivity index (χ1) is 7.47. The normalized spacial score (nSPS) is 14.5. The van der Waals surface area contributed by atoms with Crippen LogP contribution in [0, 0.1) is 0 Å². The van der Waals surface area contributed by atoms with Gasteiger partial charge in [0.2, 0.25) is 0 Å². The molecular formula is C9H10ClNO4S. The van der Waals surface area contributed by atoms with Gasteiger partial charge in [0.05, 0.1) is 11.7 Å². The Hall–Kier alpha value is -0.820. The third kappa shape index (κ3) is 2.85. The average molecular weight is 264 g/mol. The number of aliphatic hydroxyl groups is 2. The first kappa shape index (κ1) is 13.2. The Kier molecular flexibility index (Phi) is 4.55. The summed E-state index contributed by atoms with van der Waals surface area (Å²) < 4.78 is 0. The number of aliphatic hydroxyl groups excluding tert-OH is 2. The summed E-state index contributed by atoms with van der Waals surface area (Å²) in [5.74, 6) is -1.16. The predicted molar refractivity (Wildman–Crippen MR) is 61.0 cm³/mol. The quantitative estimate of drug-likeness (QED) is 0.476. The maximum absolute atomic E-state index is 10.7. The van der Waals surface area contributed by atoms with Crippen molar-refractivity contribution in [3.8, 4) is 0 Å². The predicted octanol–water partition coefficient (Wildman–Crippen LogP) is 0.757. The summed E-state index contributed by atoms with van der Waals surface area (Å²) in [6.45, 7) is 0. The molecule has 88 valence electrons. The van der Waals surface area contributed by atoms with Crippen LogP contribution < -0.4 is 0 Å². The zero-order valence-corrected chi connectivity index (χ0v) is 9.69. The lowest BCUT2D eigenvalue weighted by Crippen LogP contribution is -2.20. The fraction of sp³-hybridized carbons (Fsp3) is 0.333. The number of halogens is 1. The van der Waals surface area contributed by atoms with Crippen LogP contribution in [0.5, 0.6) is 0 Å². The third-order valence-electron chi connectivity index (χ3n) is 1.98. The van der Waals surface area contributed by atoms with Crippen molar-refractivity contribution in [2.24, 2.45) is 0 Å². The number of carboxylic acids is 1. The van der Waals surface area contributed by atoms with Crippen molar-refractivity contribution in [3.05, 3.63) is 28.5 Å². The van der Waals surface area contributed by atoms with Crippen LogP contribution >= 0.6 is 24.2 Å². The maximum atomic E-state index is 10.7. The molecule has 2 atom stereocenters. The summed E-state index contributed by atoms with van der Waals surface area (Å²) in [6, 6.07) is 1.18. The van der Waals surface area contributed by atoms with E-state index in [4.69, 9.17) is 16.7 Å². The number of pyridine rings is 1. The monoisotopic (exact) mass is 263 g/mol. The second kappa shape index (κ2) is 5.49. The van der Waals surface area contributed by atoms with E-state index in [0.717, 1.165) is 6.20 Å². The van der Waals surface area contributed by atoms with Crippen molar-refractivity contribution in [1.82, 2.24) is 4.98 Å². The number of carbonyl (C=O) groups is 1. The van der Waals surface area contributed by atoms with Gasteiger partial charge >= 0.3 is 5.97 Å². The molecule has 0 aromatic carbocycles. The highest BCUT2D eigenvalue weighted by atomic mass is 35.5. The Labute approximate surface area is 102 Å². The summed E-state index contributed by atoms with van der Waals surface area (Å²) in [5, 5.41) is 27.7. The number of thiol groups is 1. The molecule has 0 amide bonds. The molecule has 1 aromatic rings. The number of hydrogen-bond acceptors (Lipinski definition) is 5. The third-order valence-corrected chi connectivity index (χ3v) is 2.67. The van der Waals surface area contributed by atoms with Gasteiger partial charge in [0.25, 0.3) is 0 Å². The molecule has 0 spiro atoms. The fourth-order valence-electron chi connectivity index (χ4n) is 1.10. The molecule has 3 N–H and O–H groups in total. The van der Waals surface area contributed by atoms with Crippen LogP contribution in [-0.4, -0.2) is 38.1 Å². The van der Waals surface area contributed by atoms with Gasteiger partial charge in [0.1, 0.15) is 11.3 Å². The number of aromatic nitrogens is 1. The Bertz CT molecular complexity index is 401. The number of nitrogens with zero attached hydrogens (tertiary/aromatic N) is 1. The zero-order valence-electron chi connectivity index (χ0n) is 8.04. The summed E-state index contributed by atoms with van der Waals surface area (Å²) in [4.78, 5) is 14.3. The van der Waals surface area contributed by atoms with Gasteiger partial charge in [-0.25, -0.2) is 9.78 Å². The largest absolute Gasteiger partial charge is 0.478 e. The molecule has 0 aliphatic rings. The van der Waals surface area contributed by atoms with Gasteiger partial charge in [-0.2, -0.15) is 12.6 Å². The molecule has 0 aliphatic carbocycles. The lowest BCUT2D eigenvalue weighted by molar-refractivity contribution is 0.0335. The van der Waals surface area contributed by atoms with Crippen LogP contribution in [0.3, 0.4) is 0 Å². The van der Waals surface area contributed by atoms with Gasteiger partial charge in [-0.1, -0.05) is 11.6 Å². The van der Waals surface area contributed by atoms with Crippen LogP contribution in [0.25, 0.3) is 0 Å². The molecule has 0 saturated carbocycles. The average Bonchev–Trinajstić information content (AvgIpc) is 2.27. The Morgan fingerprint density at radius 1 is 1.56 bits per heavy atom. The minimum Gasteiger partial charge on any atom is -0.478 e. The molecule has 1 heterocycles. The fourth-order valence-corrected chi connectivity index (χ4v) is 1.51. The van der Waals surface area contributed by atoms with Gasteiger partial charge < -0.3 is 15.3 Å². The SMILES string of the molecule is O=C(O)c1cnc(Cl)c(C(O)C(O)CS)c1. The van der Waals surface area contributed by atoms with Gasteiger partial charge in [-0.15, -0.1) is 0 Å². The highest BCUT2D eigenvalue weighted by Crippen LogP contribution is 2.25. The molecule has 2 unspecified atom stereocenters. The lowest BCUT2D eigenvalue weighted by Gasteiger charge is -2.17. The van der Waals surface area contributed by atoms with E-state index in [0.29, 0.717) is 0 Å². The number of hydrogen-bond donors (Lipinski definition) is 4. The molecule has 7 heteroatoms. The van der Waals surface area contributed by atoms with E-state index >= 15 is 0 Å². The minimum absolute atomic E-state index is 0.0226. The van der Waals surface area contributed by atoms with Crippen LogP contribution in [0.4, 0.5) is 0 Å². The Balaban J connectivity index is 3.11. The van der Waals surface area contributed by atoms with E-state index < -0.39 is 18.2 Å². The van der Waals surface area contributed by atoms with Crippen molar-refractivity contribution < 1.29 is 20.1 Å². The van der Waals surface area contributed by atoms with Gasteiger partial charge in [-0.3, -0.25) is 0 Å². The summed E-state index contributed by atoms with van der Waals surface area (Å²) in [7, 11) is 0. The standard InChI is InChI=1S/C9H10ClNO4S/c10-8-5(7(13)6(12)3-16)1-4(2-11-8)9(14)15/h1-2,6-7,12-13,16H,3H2,(H,14,15). The second-order valence-electron chi connectivity index (χ2n) is 3.10. The van der Waals surface area contributed by atoms with Crippen molar-refractivity contribution in [2.45, 2.75) is 12.2 Å². The highest BCUT2D eigenvalue weighted by molar-refractivity contribution is 7.80. The second-order valence-corrected chi connectivity index (χ2v) is 3.83. The van der Waals surface area contributed by atoms with Crippen LogP contribution in [0.2, 0.25) is 5.15 Å². The molecule has 16 heavy (non-hydrogen) atoms. The van der Waals surface area contributed by atoms with E-state index in [2.05, 4.69) is 17.6 Å². The van der Waals surface area contributed by atoms with Crippen molar-refractivity contribution in [1.29, 1.82) is 0 Å². The molecule has 0 fully saturated rings. The maximum Gasteiger partial charge on any atom is 0.337 e. The highest BCUT2D eigenvalue weighted by Gasteiger charge is 2.21. The molecule has 0 aliphatic heterocycles. The Morgan fingerprint density at radius 2 is 2.19 bits per heavy atom. The van der Waals surface area contributed by atoms with E-state index in [1.807, 2.05) is 0 Å². The molecule has 0 bridgehead atoms. The van der Waals surface area contributed by atoms with Crippen molar-refractivity contribution in [2.75, 3.05) is 5.75 Å². The van der Waals surface area contributed by atoms with E-state index in [1.54, 1.807) is 0 Å². The number of rotatable bonds is 4. The summed E-state index contributed by atoms with van der Waals surface area (Å²) >= 11 is 9.51. The molecule has 0 saturated heterocycles. The minimum atomic E-state index is -1.31. The lowest BCUT2D eigenvalue weighted by atomic mass is 10.1. The van der Waals surface area contributed by atoms with Gasteiger partial charge in [0.15, 0.2) is 0 Å². The molecular weight excluding hydrogens is 254 g/mol. The molecule has 1 rings (SSSR count). The first-order valence-corrected chi connectivity index (χ1v) is 5.34. The van der Waals surface area contributed by atoms with E-state index in [9.17, 15) is 15.0 Å². The first-order valence-electron chi connectivity index (χ1n) is 4.33.